The number of methoxy groups -OCH3 is 1. The number of H-pyrrole nitrogens is 1. The lowest BCUT2D eigenvalue weighted by molar-refractivity contribution is 0.216. The first-order chi connectivity index (χ1) is 20.2. The molecule has 0 aliphatic carbocycles. The van der Waals surface area contributed by atoms with Gasteiger partial charge in [-0.2, -0.15) is 14.7 Å². The van der Waals surface area contributed by atoms with E-state index in [-0.39, 0.29) is 0 Å². The van der Waals surface area contributed by atoms with Crippen LogP contribution in [0.2, 0.25) is 10.0 Å². The molecule has 0 radical (unpaired) electrons. The van der Waals surface area contributed by atoms with Crippen LogP contribution in [0.3, 0.4) is 0 Å². The Morgan fingerprint density at radius 3 is 2.62 bits per heavy atom. The number of nitrogens with one attached hydrogen (secondary N) is 1. The summed E-state index contributed by atoms with van der Waals surface area (Å²) >= 11 is 14.2. The molecule has 1 atom stereocenters. The molecule has 10 nitrogen and oxygen atoms in total. The van der Waals surface area contributed by atoms with E-state index in [4.69, 9.17) is 38.4 Å². The number of hydrogen-bond acceptors (Lipinski definition) is 10. The topological polar surface area (TPSA) is 139 Å². The van der Waals surface area contributed by atoms with Gasteiger partial charge in [0.2, 0.25) is 0 Å². The first kappa shape index (κ1) is 28.2. The molecule has 13 heteroatoms. The highest BCUT2D eigenvalue weighted by atomic mass is 35.5. The number of ether oxygens (including phenoxy) is 2. The molecule has 214 valence electrons. The molecule has 0 spiro atoms. The Bertz CT molecular complexity index is 1820. The molecule has 1 fully saturated rings. The molecular formula is C29H26Cl2N8O2S. The van der Waals surface area contributed by atoms with Crippen LogP contribution in [-0.4, -0.2) is 50.3 Å². The fourth-order valence-electron chi connectivity index (χ4n) is 5.31. The van der Waals surface area contributed by atoms with Gasteiger partial charge in [-0.15, -0.1) is 0 Å². The van der Waals surface area contributed by atoms with E-state index in [1.165, 1.54) is 23.9 Å². The number of pyridine rings is 2. The van der Waals surface area contributed by atoms with Crippen molar-refractivity contribution in [1.82, 2.24) is 24.5 Å². The van der Waals surface area contributed by atoms with Gasteiger partial charge in [0.05, 0.1) is 39.5 Å². The Kier molecular flexibility index (Phi) is 7.41. The third kappa shape index (κ3) is 5.12. The summed E-state index contributed by atoms with van der Waals surface area (Å²) in [4.78, 5) is 10.7. The van der Waals surface area contributed by atoms with Crippen LogP contribution in [0, 0.1) is 18.3 Å². The molecule has 1 aromatic carbocycles. The monoisotopic (exact) mass is 620 g/mol. The maximum atomic E-state index is 10.0. The number of nitrogens with two attached hydrogens (primary N) is 1. The molecule has 4 aromatic heterocycles. The van der Waals surface area contributed by atoms with Gasteiger partial charge in [-0.3, -0.25) is 10.1 Å². The first-order valence-electron chi connectivity index (χ1n) is 13.1. The van der Waals surface area contributed by atoms with Crippen LogP contribution in [0.1, 0.15) is 35.4 Å². The molecule has 5 aromatic rings. The summed E-state index contributed by atoms with van der Waals surface area (Å²) in [5.74, 6) is 1.59. The van der Waals surface area contributed by atoms with E-state index in [2.05, 4.69) is 30.6 Å². The second-order valence-corrected chi connectivity index (χ2v) is 11.9. The van der Waals surface area contributed by atoms with Gasteiger partial charge in [0.15, 0.2) is 11.5 Å². The van der Waals surface area contributed by atoms with E-state index < -0.39 is 11.6 Å². The number of nitriles is 1. The van der Waals surface area contributed by atoms with Gasteiger partial charge in [0.1, 0.15) is 23.7 Å². The molecule has 3 N–H and O–H groups in total. The Labute approximate surface area is 256 Å². The van der Waals surface area contributed by atoms with Crippen LogP contribution >= 0.6 is 34.7 Å². The minimum Gasteiger partial charge on any atom is -0.493 e. The Hall–Kier alpha value is -3.95. The van der Waals surface area contributed by atoms with Crippen molar-refractivity contribution < 1.29 is 9.47 Å². The number of rotatable bonds is 8. The highest BCUT2D eigenvalue weighted by Crippen LogP contribution is 2.40. The normalized spacial score (nSPS) is 14.8. The molecular weight excluding hydrogens is 595 g/mol. The third-order valence-electron chi connectivity index (χ3n) is 7.41. The molecule has 0 unspecified atom stereocenters. The Morgan fingerprint density at radius 1 is 1.19 bits per heavy atom. The van der Waals surface area contributed by atoms with E-state index in [0.717, 1.165) is 28.6 Å². The van der Waals surface area contributed by atoms with Crippen LogP contribution in [0.5, 0.6) is 11.5 Å². The van der Waals surface area contributed by atoms with Gasteiger partial charge in [-0.05, 0) is 49.5 Å². The standard InChI is InChI=1S/C29H26Cl2N8O2S/c1-15-19(12-42-38-15)7-29(33)13-39(14-29)28-17(8-32)4-18(9-35-28)27-20-5-25(24(40-3)6-23(20)36-37-27)41-16(2)26-21(30)10-34-11-22(26)31/h4-6,9-12,16H,7,13-14,33H2,1-3H3,(H,36,37)/t16-/m1/s1. The van der Waals surface area contributed by atoms with Gasteiger partial charge in [-0.1, -0.05) is 23.2 Å². The number of nitrogens with zero attached hydrogens (tertiary/aromatic N) is 6. The lowest BCUT2D eigenvalue weighted by atomic mass is 9.84. The van der Waals surface area contributed by atoms with Crippen molar-refractivity contribution in [3.63, 3.8) is 0 Å². The quantitative estimate of drug-likeness (QED) is 0.218. The predicted molar refractivity (Wildman–Crippen MR) is 164 cm³/mol. The first-order valence-corrected chi connectivity index (χ1v) is 14.6. The fourth-order valence-corrected chi connectivity index (χ4v) is 6.70. The van der Waals surface area contributed by atoms with Crippen molar-refractivity contribution in [2.75, 3.05) is 25.1 Å². The van der Waals surface area contributed by atoms with Gasteiger partial charge >= 0.3 is 0 Å². The molecule has 0 amide bonds. The highest BCUT2D eigenvalue weighted by Gasteiger charge is 2.41. The van der Waals surface area contributed by atoms with Gasteiger partial charge in [-0.25, -0.2) is 4.98 Å². The fraction of sp³-hybridized carbons (Fsp3) is 0.276. The number of anilines is 1. The smallest absolute Gasteiger partial charge is 0.162 e. The third-order valence-corrected chi connectivity index (χ3v) is 8.78. The average Bonchev–Trinajstić information content (AvgIpc) is 3.55. The summed E-state index contributed by atoms with van der Waals surface area (Å²) in [6.45, 7) is 5.03. The van der Waals surface area contributed by atoms with Crippen molar-refractivity contribution in [3.8, 4) is 28.8 Å². The minimum absolute atomic E-state index is 0.393. The van der Waals surface area contributed by atoms with Crippen LogP contribution in [0.25, 0.3) is 22.2 Å². The van der Waals surface area contributed by atoms with Gasteiger partial charge in [0, 0.05) is 59.6 Å². The summed E-state index contributed by atoms with van der Waals surface area (Å²) in [5.41, 5.74) is 11.5. The van der Waals surface area contributed by atoms with Gasteiger partial charge in [0.25, 0.3) is 0 Å². The molecule has 0 bridgehead atoms. The number of aromatic amines is 1. The van der Waals surface area contributed by atoms with Gasteiger partial charge < -0.3 is 20.1 Å². The predicted octanol–water partition coefficient (Wildman–Crippen LogP) is 5.87. The van der Waals surface area contributed by atoms with E-state index >= 15 is 0 Å². The number of aromatic nitrogens is 5. The summed E-state index contributed by atoms with van der Waals surface area (Å²) in [7, 11) is 1.56. The molecule has 1 aliphatic rings. The number of benzene rings is 1. The summed E-state index contributed by atoms with van der Waals surface area (Å²) in [5, 5.41) is 21.2. The van der Waals surface area contributed by atoms with E-state index in [1.54, 1.807) is 19.4 Å². The Balaban J connectivity index is 1.28. The zero-order chi connectivity index (χ0) is 29.6. The summed E-state index contributed by atoms with van der Waals surface area (Å²) < 4.78 is 16.2. The van der Waals surface area contributed by atoms with Crippen LogP contribution < -0.4 is 20.1 Å². The minimum atomic E-state index is -0.494. The summed E-state index contributed by atoms with van der Waals surface area (Å²) in [6.07, 6.45) is 5.01. The van der Waals surface area contributed by atoms with Crippen molar-refractivity contribution in [3.05, 3.63) is 74.6 Å². The molecule has 42 heavy (non-hydrogen) atoms. The van der Waals surface area contributed by atoms with Crippen LogP contribution in [0.4, 0.5) is 5.82 Å². The number of halogens is 2. The number of aryl methyl sites for hydroxylation is 1. The molecule has 5 heterocycles. The largest absolute Gasteiger partial charge is 0.493 e. The van der Waals surface area contributed by atoms with Crippen molar-refractivity contribution in [1.29, 1.82) is 5.26 Å². The van der Waals surface area contributed by atoms with E-state index in [1.807, 2.05) is 36.3 Å². The number of hydrogen-bond donors (Lipinski definition) is 2. The second kappa shape index (κ2) is 11.0. The average molecular weight is 622 g/mol. The zero-order valence-electron chi connectivity index (χ0n) is 23.0. The van der Waals surface area contributed by atoms with Crippen LogP contribution in [0.15, 0.2) is 42.2 Å². The van der Waals surface area contributed by atoms with E-state index in [9.17, 15) is 5.26 Å². The van der Waals surface area contributed by atoms with Crippen molar-refractivity contribution in [2.45, 2.75) is 31.9 Å². The molecule has 0 saturated carbocycles. The van der Waals surface area contributed by atoms with E-state index in [0.29, 0.717) is 62.8 Å². The SMILES string of the molecule is COc1cc2[nH]nc(-c3cnc(N4CC(N)(Cc5csnc5C)C4)c(C#N)c3)c2cc1O[C@H](C)c1c(Cl)cncc1Cl. The van der Waals surface area contributed by atoms with Crippen LogP contribution in [-0.2, 0) is 6.42 Å². The molecule has 1 saturated heterocycles. The maximum Gasteiger partial charge on any atom is 0.162 e. The lowest BCUT2D eigenvalue weighted by Crippen LogP contribution is -2.69. The maximum absolute atomic E-state index is 10.0. The Morgan fingerprint density at radius 2 is 1.95 bits per heavy atom. The molecule has 6 rings (SSSR count). The van der Waals surface area contributed by atoms with Crippen molar-refractivity contribution >= 4 is 51.5 Å². The van der Waals surface area contributed by atoms with Crippen molar-refractivity contribution in [2.24, 2.45) is 5.73 Å². The lowest BCUT2D eigenvalue weighted by Gasteiger charge is -2.48. The molecule has 1 aliphatic heterocycles. The summed E-state index contributed by atoms with van der Waals surface area (Å²) in [6, 6.07) is 7.74. The zero-order valence-corrected chi connectivity index (χ0v) is 25.3. The highest BCUT2D eigenvalue weighted by molar-refractivity contribution is 7.03. The second-order valence-electron chi connectivity index (χ2n) is 10.4. The number of fused-ring (bicyclic) bond motifs is 1.